The molecule has 96 valence electrons. The van der Waals surface area contributed by atoms with Crippen molar-refractivity contribution in [2.45, 2.75) is 6.54 Å². The van der Waals surface area contributed by atoms with Crippen LogP contribution < -0.4 is 10.2 Å². The number of anilines is 1. The Morgan fingerprint density at radius 2 is 1.88 bits per heavy atom. The highest BCUT2D eigenvalue weighted by molar-refractivity contribution is 5.53. The largest absolute Gasteiger partial charge is 0.373 e. The summed E-state index contributed by atoms with van der Waals surface area (Å²) in [5, 5.41) is 3.01. The van der Waals surface area contributed by atoms with Gasteiger partial charge < -0.3 is 15.1 Å². The molecule has 0 aliphatic rings. The van der Waals surface area contributed by atoms with Gasteiger partial charge in [-0.05, 0) is 33.3 Å². The predicted molar refractivity (Wildman–Crippen MR) is 71.0 cm³/mol. The monoisotopic (exact) mass is 239 g/mol. The molecule has 0 aliphatic heterocycles. The van der Waals surface area contributed by atoms with Crippen LogP contribution in [0.3, 0.4) is 0 Å². The van der Waals surface area contributed by atoms with E-state index >= 15 is 0 Å². The quantitative estimate of drug-likeness (QED) is 0.812. The minimum absolute atomic E-state index is 0.145. The predicted octanol–water partition coefficient (Wildman–Crippen LogP) is 1.54. The normalized spacial score (nSPS) is 10.9. The van der Waals surface area contributed by atoms with Crippen molar-refractivity contribution in [2.75, 3.05) is 46.2 Å². The average Bonchev–Trinajstić information content (AvgIpc) is 2.29. The molecule has 3 nitrogen and oxygen atoms in total. The maximum atomic E-state index is 13.7. The van der Waals surface area contributed by atoms with Crippen LogP contribution >= 0.6 is 0 Å². The van der Waals surface area contributed by atoms with Crippen LogP contribution in [0.2, 0.25) is 0 Å². The van der Waals surface area contributed by atoms with Crippen molar-refractivity contribution in [3.05, 3.63) is 29.6 Å². The summed E-state index contributed by atoms with van der Waals surface area (Å²) in [7, 11) is 7.90. The maximum Gasteiger partial charge on any atom is 0.129 e. The standard InChI is InChI=1S/C13H22FN3/c1-15-10-11-12(14)6-5-7-13(11)17(4)9-8-16(2)3/h5-7,15H,8-10H2,1-4H3. The number of likely N-dealkylation sites (N-methyl/N-ethyl adjacent to an activating group) is 2. The second kappa shape index (κ2) is 6.57. The molecule has 17 heavy (non-hydrogen) atoms. The minimum atomic E-state index is -0.145. The van der Waals surface area contributed by atoms with Gasteiger partial charge in [0.1, 0.15) is 5.82 Å². The van der Waals surface area contributed by atoms with Gasteiger partial charge in [-0.2, -0.15) is 0 Å². The molecule has 0 bridgehead atoms. The Morgan fingerprint density at radius 1 is 1.18 bits per heavy atom. The van der Waals surface area contributed by atoms with Crippen LogP contribution in [0.1, 0.15) is 5.56 Å². The van der Waals surface area contributed by atoms with E-state index < -0.39 is 0 Å². The Bertz CT molecular complexity index is 353. The topological polar surface area (TPSA) is 18.5 Å². The zero-order chi connectivity index (χ0) is 12.8. The van der Waals surface area contributed by atoms with Crippen molar-refractivity contribution in [3.8, 4) is 0 Å². The lowest BCUT2D eigenvalue weighted by atomic mass is 10.1. The van der Waals surface area contributed by atoms with E-state index in [0.717, 1.165) is 24.3 Å². The van der Waals surface area contributed by atoms with Crippen molar-refractivity contribution in [1.29, 1.82) is 0 Å². The van der Waals surface area contributed by atoms with Gasteiger partial charge in [0.05, 0.1) is 0 Å². The zero-order valence-corrected chi connectivity index (χ0v) is 11.1. The highest BCUT2D eigenvalue weighted by Crippen LogP contribution is 2.21. The number of rotatable bonds is 6. The van der Waals surface area contributed by atoms with Crippen LogP contribution in [0.5, 0.6) is 0 Å². The molecule has 0 aromatic heterocycles. The van der Waals surface area contributed by atoms with Gasteiger partial charge in [-0.1, -0.05) is 6.07 Å². The van der Waals surface area contributed by atoms with Gasteiger partial charge in [0.25, 0.3) is 0 Å². The molecular formula is C13H22FN3. The fourth-order valence-electron chi connectivity index (χ4n) is 1.73. The number of benzene rings is 1. The minimum Gasteiger partial charge on any atom is -0.373 e. The third-order valence-electron chi connectivity index (χ3n) is 2.74. The third kappa shape index (κ3) is 3.98. The zero-order valence-electron chi connectivity index (χ0n) is 11.1. The first-order valence-corrected chi connectivity index (χ1v) is 5.84. The Kier molecular flexibility index (Phi) is 5.38. The summed E-state index contributed by atoms with van der Waals surface area (Å²) >= 11 is 0. The summed E-state index contributed by atoms with van der Waals surface area (Å²) in [4.78, 5) is 4.21. The maximum absolute atomic E-state index is 13.7. The molecule has 0 aliphatic carbocycles. The van der Waals surface area contributed by atoms with Crippen molar-refractivity contribution in [2.24, 2.45) is 0 Å². The van der Waals surface area contributed by atoms with Crippen LogP contribution in [-0.4, -0.2) is 46.2 Å². The number of nitrogens with one attached hydrogen (secondary N) is 1. The molecule has 0 saturated carbocycles. The van der Waals surface area contributed by atoms with E-state index in [1.54, 1.807) is 6.07 Å². The van der Waals surface area contributed by atoms with E-state index in [1.165, 1.54) is 6.07 Å². The van der Waals surface area contributed by atoms with Crippen molar-refractivity contribution < 1.29 is 4.39 Å². The summed E-state index contributed by atoms with van der Waals surface area (Å²) < 4.78 is 13.7. The van der Waals surface area contributed by atoms with Gasteiger partial charge >= 0.3 is 0 Å². The fourth-order valence-corrected chi connectivity index (χ4v) is 1.73. The van der Waals surface area contributed by atoms with Gasteiger partial charge in [-0.15, -0.1) is 0 Å². The summed E-state index contributed by atoms with van der Waals surface area (Å²) in [6.07, 6.45) is 0. The molecule has 0 amide bonds. The van der Waals surface area contributed by atoms with Crippen LogP contribution in [0.15, 0.2) is 18.2 Å². The van der Waals surface area contributed by atoms with Gasteiger partial charge in [0.2, 0.25) is 0 Å². The smallest absolute Gasteiger partial charge is 0.129 e. The van der Waals surface area contributed by atoms with Crippen LogP contribution in [-0.2, 0) is 6.54 Å². The Labute approximate surface area is 103 Å². The van der Waals surface area contributed by atoms with Crippen molar-refractivity contribution >= 4 is 5.69 Å². The molecule has 0 heterocycles. The van der Waals surface area contributed by atoms with E-state index in [9.17, 15) is 4.39 Å². The molecule has 0 fully saturated rings. The highest BCUT2D eigenvalue weighted by Gasteiger charge is 2.11. The lowest BCUT2D eigenvalue weighted by Gasteiger charge is -2.24. The van der Waals surface area contributed by atoms with E-state index in [2.05, 4.69) is 15.1 Å². The Balaban J connectivity index is 2.84. The number of nitrogens with zero attached hydrogens (tertiary/aromatic N) is 2. The first-order chi connectivity index (χ1) is 8.06. The second-order valence-corrected chi connectivity index (χ2v) is 4.49. The first kappa shape index (κ1) is 13.9. The van der Waals surface area contributed by atoms with E-state index in [1.807, 2.05) is 34.3 Å². The lowest BCUT2D eigenvalue weighted by molar-refractivity contribution is 0.416. The Hall–Kier alpha value is -1.13. The van der Waals surface area contributed by atoms with Crippen molar-refractivity contribution in [1.82, 2.24) is 10.2 Å². The van der Waals surface area contributed by atoms with Gasteiger partial charge in [0.15, 0.2) is 0 Å². The van der Waals surface area contributed by atoms with Crippen LogP contribution in [0.25, 0.3) is 0 Å². The number of hydrogen-bond acceptors (Lipinski definition) is 3. The molecule has 1 aromatic rings. The fraction of sp³-hybridized carbons (Fsp3) is 0.538. The lowest BCUT2D eigenvalue weighted by Crippen LogP contribution is -2.29. The van der Waals surface area contributed by atoms with E-state index in [4.69, 9.17) is 0 Å². The average molecular weight is 239 g/mol. The molecule has 0 unspecified atom stereocenters. The van der Waals surface area contributed by atoms with Gasteiger partial charge in [0, 0.05) is 37.9 Å². The molecule has 0 radical (unpaired) electrons. The molecule has 1 N–H and O–H groups in total. The van der Waals surface area contributed by atoms with Gasteiger partial charge in [-0.25, -0.2) is 4.39 Å². The summed E-state index contributed by atoms with van der Waals surface area (Å²) in [5.41, 5.74) is 1.69. The highest BCUT2D eigenvalue weighted by atomic mass is 19.1. The number of halogens is 1. The summed E-state index contributed by atoms with van der Waals surface area (Å²) in [6, 6.07) is 5.23. The molecule has 0 saturated heterocycles. The molecule has 0 atom stereocenters. The van der Waals surface area contributed by atoms with E-state index in [0.29, 0.717) is 6.54 Å². The molecule has 0 spiro atoms. The Morgan fingerprint density at radius 3 is 2.47 bits per heavy atom. The second-order valence-electron chi connectivity index (χ2n) is 4.49. The number of hydrogen-bond donors (Lipinski definition) is 1. The summed E-state index contributed by atoms with van der Waals surface area (Å²) in [6.45, 7) is 2.38. The SMILES string of the molecule is CNCc1c(F)cccc1N(C)CCN(C)C. The van der Waals surface area contributed by atoms with E-state index in [-0.39, 0.29) is 5.82 Å². The molecule has 4 heteroatoms. The van der Waals surface area contributed by atoms with Crippen LogP contribution in [0, 0.1) is 5.82 Å². The molecule has 1 rings (SSSR count). The molecular weight excluding hydrogens is 217 g/mol. The summed E-state index contributed by atoms with van der Waals surface area (Å²) in [5.74, 6) is -0.145. The first-order valence-electron chi connectivity index (χ1n) is 5.84. The molecule has 1 aromatic carbocycles. The van der Waals surface area contributed by atoms with Gasteiger partial charge in [-0.3, -0.25) is 0 Å². The third-order valence-corrected chi connectivity index (χ3v) is 2.74. The van der Waals surface area contributed by atoms with Crippen LogP contribution in [0.4, 0.5) is 10.1 Å². The van der Waals surface area contributed by atoms with Crippen molar-refractivity contribution in [3.63, 3.8) is 0 Å².